The van der Waals surface area contributed by atoms with Gasteiger partial charge in [-0.25, -0.2) is 0 Å². The number of carboxylic acid groups (broad SMARTS) is 1. The van der Waals surface area contributed by atoms with E-state index in [1.165, 1.54) is 27.7 Å². The number of unbranched alkanes of at least 4 members (excludes halogenated alkanes) is 1. The van der Waals surface area contributed by atoms with Crippen molar-refractivity contribution in [3.05, 3.63) is 0 Å². The maximum absolute atomic E-state index is 13.3. The summed E-state index contributed by atoms with van der Waals surface area (Å²) in [5, 5.41) is 32.9. The fourth-order valence-corrected chi connectivity index (χ4v) is 3.76. The second-order valence-corrected chi connectivity index (χ2v) is 10.9. The Hall–Kier alpha value is -4.56. The number of guanidine groups is 1. The minimum Gasteiger partial charge on any atom is -0.480 e. The number of aliphatic hydroxyl groups is 1. The second kappa shape index (κ2) is 22.0. The monoisotopic (exact) mass is 673 g/mol. The number of carbonyl (C=O) groups excluding carboxylic acids is 6. The molecule has 0 spiro atoms. The van der Waals surface area contributed by atoms with Crippen molar-refractivity contribution in [1.29, 1.82) is 0 Å². The molecule has 0 aliphatic rings. The molecule has 0 aromatic heterocycles. The molecule has 20 heteroatoms. The second-order valence-electron chi connectivity index (χ2n) is 10.9. The molecule has 0 bridgehead atoms. The molecule has 6 amide bonds. The minimum absolute atomic E-state index is 0.0293. The van der Waals surface area contributed by atoms with Gasteiger partial charge >= 0.3 is 5.97 Å². The summed E-state index contributed by atoms with van der Waals surface area (Å²) < 4.78 is 0. The lowest BCUT2D eigenvalue weighted by Crippen LogP contribution is -2.59. The van der Waals surface area contributed by atoms with E-state index in [1.54, 1.807) is 0 Å². The highest BCUT2D eigenvalue weighted by Crippen LogP contribution is 2.06. The summed E-state index contributed by atoms with van der Waals surface area (Å²) in [6.07, 6.45) is 1.56. The first-order chi connectivity index (χ1) is 21.9. The molecule has 16 N–H and O–H groups in total. The average Bonchev–Trinajstić information content (AvgIpc) is 2.99. The molecule has 20 nitrogen and oxygen atoms in total. The third kappa shape index (κ3) is 17.1. The third-order valence-electron chi connectivity index (χ3n) is 6.62. The van der Waals surface area contributed by atoms with Gasteiger partial charge in [-0.2, -0.15) is 0 Å². The molecule has 0 aromatic carbocycles. The molecule has 7 atom stereocenters. The number of aliphatic imine (C=N–C) groups is 1. The molecular weight excluding hydrogens is 622 g/mol. The number of rotatable bonds is 22. The summed E-state index contributed by atoms with van der Waals surface area (Å²) in [4.78, 5) is 91.1. The Morgan fingerprint density at radius 3 is 1.51 bits per heavy atom. The SMILES string of the molecule is C[C@H](N)C(=O)N[C@@H](CCCCN)C(=O)N[C@@H](CCCN=C(N)N)C(=O)N[C@@H](C)C(=O)N[C@@H](CO)C(=O)N[C@@H](C)C(=O)N[C@@H](C)C(=O)O. The summed E-state index contributed by atoms with van der Waals surface area (Å²) in [6, 6.07) is -8.40. The normalized spacial score (nSPS) is 15.2. The number of carbonyl (C=O) groups is 7. The number of hydrogen-bond acceptors (Lipinski definition) is 11. The Morgan fingerprint density at radius 1 is 0.617 bits per heavy atom. The van der Waals surface area contributed by atoms with Gasteiger partial charge in [0.25, 0.3) is 0 Å². The third-order valence-corrected chi connectivity index (χ3v) is 6.62. The average molecular weight is 674 g/mol. The van der Waals surface area contributed by atoms with E-state index in [2.05, 4.69) is 36.9 Å². The van der Waals surface area contributed by atoms with Crippen LogP contribution in [-0.2, 0) is 33.6 Å². The van der Waals surface area contributed by atoms with Crippen LogP contribution in [0.15, 0.2) is 4.99 Å². The van der Waals surface area contributed by atoms with Crippen LogP contribution in [0.5, 0.6) is 0 Å². The van der Waals surface area contributed by atoms with Crippen LogP contribution in [0.3, 0.4) is 0 Å². The van der Waals surface area contributed by atoms with E-state index in [4.69, 9.17) is 28.0 Å². The Kier molecular flexibility index (Phi) is 19.9. The number of nitrogens with two attached hydrogens (primary N) is 4. The van der Waals surface area contributed by atoms with Crippen molar-refractivity contribution in [2.24, 2.45) is 27.9 Å². The predicted molar refractivity (Wildman–Crippen MR) is 170 cm³/mol. The Bertz CT molecular complexity index is 1120. The first-order valence-electron chi connectivity index (χ1n) is 15.1. The minimum atomic E-state index is -1.54. The fraction of sp³-hybridized carbons (Fsp3) is 0.704. The Labute approximate surface area is 273 Å². The van der Waals surface area contributed by atoms with Crippen LogP contribution in [0.25, 0.3) is 0 Å². The van der Waals surface area contributed by atoms with Gasteiger partial charge < -0.3 is 65.0 Å². The van der Waals surface area contributed by atoms with Crippen LogP contribution in [0.2, 0.25) is 0 Å². The molecule has 47 heavy (non-hydrogen) atoms. The molecule has 0 radical (unpaired) electrons. The van der Waals surface area contributed by atoms with E-state index in [1.807, 2.05) is 0 Å². The zero-order chi connectivity index (χ0) is 36.3. The Morgan fingerprint density at radius 2 is 1.04 bits per heavy atom. The summed E-state index contributed by atoms with van der Waals surface area (Å²) in [5.74, 6) is -6.17. The summed E-state index contributed by atoms with van der Waals surface area (Å²) in [5.41, 5.74) is 21.9. The number of aliphatic carboxylic acids is 1. The molecule has 0 aliphatic carbocycles. The molecule has 0 aliphatic heterocycles. The smallest absolute Gasteiger partial charge is 0.325 e. The first kappa shape index (κ1) is 42.4. The maximum Gasteiger partial charge on any atom is 0.325 e. The highest BCUT2D eigenvalue weighted by molar-refractivity contribution is 5.96. The molecule has 0 fully saturated rings. The molecule has 0 unspecified atom stereocenters. The van der Waals surface area contributed by atoms with Gasteiger partial charge in [0.1, 0.15) is 36.3 Å². The van der Waals surface area contributed by atoms with E-state index in [9.17, 15) is 38.7 Å². The molecule has 0 saturated carbocycles. The summed E-state index contributed by atoms with van der Waals surface area (Å²) in [6.45, 7) is 4.85. The summed E-state index contributed by atoms with van der Waals surface area (Å²) in [7, 11) is 0. The lowest BCUT2D eigenvalue weighted by atomic mass is 10.1. The first-order valence-corrected chi connectivity index (χ1v) is 15.1. The highest BCUT2D eigenvalue weighted by Gasteiger charge is 2.30. The van der Waals surface area contributed by atoms with Crippen LogP contribution < -0.4 is 54.8 Å². The number of nitrogens with one attached hydrogen (secondary N) is 6. The van der Waals surface area contributed by atoms with E-state index in [0.29, 0.717) is 19.4 Å². The van der Waals surface area contributed by atoms with Gasteiger partial charge in [0, 0.05) is 6.54 Å². The number of carboxylic acids is 1. The van der Waals surface area contributed by atoms with Crippen molar-refractivity contribution in [3.63, 3.8) is 0 Å². The van der Waals surface area contributed by atoms with Crippen molar-refractivity contribution >= 4 is 47.4 Å². The molecule has 0 heterocycles. The van der Waals surface area contributed by atoms with Gasteiger partial charge in [0.05, 0.1) is 12.6 Å². The zero-order valence-electron chi connectivity index (χ0n) is 27.2. The summed E-state index contributed by atoms with van der Waals surface area (Å²) >= 11 is 0. The van der Waals surface area contributed by atoms with Crippen LogP contribution in [0.4, 0.5) is 0 Å². The van der Waals surface area contributed by atoms with Crippen LogP contribution in [0.1, 0.15) is 59.8 Å². The maximum atomic E-state index is 13.3. The largest absolute Gasteiger partial charge is 0.480 e. The highest BCUT2D eigenvalue weighted by atomic mass is 16.4. The predicted octanol–water partition coefficient (Wildman–Crippen LogP) is -5.44. The standard InChI is InChI=1S/C27H51N11O9/c1-13(29)20(40)36-17(8-5-6-10-28)24(44)37-18(9-7-11-32-27(30)31)23(43)33-15(3)22(42)38-19(12-39)25(45)34-14(2)21(41)35-16(4)26(46)47/h13-19,39H,5-12,28-29H2,1-4H3,(H,33,43)(H,34,45)(H,35,41)(H,36,40)(H,37,44)(H,38,42)(H,46,47)(H4,30,31,32)/t13-,14-,15-,16-,17-,18-,19-/m0/s1. The molecule has 268 valence electrons. The van der Waals surface area contributed by atoms with Crippen LogP contribution >= 0.6 is 0 Å². The van der Waals surface area contributed by atoms with Crippen molar-refractivity contribution in [2.75, 3.05) is 19.7 Å². The fourth-order valence-electron chi connectivity index (χ4n) is 3.76. The van der Waals surface area contributed by atoms with Crippen LogP contribution in [-0.4, -0.2) is 120 Å². The number of aliphatic hydroxyl groups excluding tert-OH is 1. The van der Waals surface area contributed by atoms with Gasteiger partial charge in [-0.15, -0.1) is 0 Å². The number of amides is 6. The van der Waals surface area contributed by atoms with Gasteiger partial charge in [-0.05, 0) is 66.3 Å². The van der Waals surface area contributed by atoms with Gasteiger partial charge in [0.2, 0.25) is 35.4 Å². The van der Waals surface area contributed by atoms with E-state index < -0.39 is 90.3 Å². The molecule has 0 aromatic rings. The van der Waals surface area contributed by atoms with Gasteiger partial charge in [-0.1, -0.05) is 0 Å². The van der Waals surface area contributed by atoms with Crippen molar-refractivity contribution in [2.45, 2.75) is 102 Å². The number of nitrogens with zero attached hydrogens (tertiary/aromatic N) is 1. The zero-order valence-corrected chi connectivity index (χ0v) is 27.2. The van der Waals surface area contributed by atoms with E-state index >= 15 is 0 Å². The topological polar surface area (TPSA) is 349 Å². The quantitative estimate of drug-likeness (QED) is 0.0290. The van der Waals surface area contributed by atoms with Crippen molar-refractivity contribution in [3.8, 4) is 0 Å². The lowest BCUT2D eigenvalue weighted by molar-refractivity contribution is -0.141. The van der Waals surface area contributed by atoms with E-state index in [-0.39, 0.29) is 31.8 Å². The van der Waals surface area contributed by atoms with Crippen LogP contribution in [0, 0.1) is 0 Å². The van der Waals surface area contributed by atoms with E-state index in [0.717, 1.165) is 0 Å². The van der Waals surface area contributed by atoms with Gasteiger partial charge in [-0.3, -0.25) is 38.6 Å². The number of hydrogen-bond donors (Lipinski definition) is 12. The van der Waals surface area contributed by atoms with Crippen molar-refractivity contribution < 1.29 is 43.8 Å². The molecular formula is C27H51N11O9. The van der Waals surface area contributed by atoms with Gasteiger partial charge in [0.15, 0.2) is 5.96 Å². The Balaban J connectivity index is 5.61. The molecule has 0 rings (SSSR count). The van der Waals surface area contributed by atoms with Crippen molar-refractivity contribution in [1.82, 2.24) is 31.9 Å². The molecule has 0 saturated heterocycles. The lowest BCUT2D eigenvalue weighted by Gasteiger charge is -2.25.